The molecule has 0 radical (unpaired) electrons. The van der Waals surface area contributed by atoms with Crippen LogP contribution in [0.4, 0.5) is 4.79 Å². The zero-order valence-corrected chi connectivity index (χ0v) is 14.1. The van der Waals surface area contributed by atoms with Crippen LogP contribution in [0.5, 0.6) is 0 Å². The summed E-state index contributed by atoms with van der Waals surface area (Å²) in [4.78, 5) is 38.5. The zero-order chi connectivity index (χ0) is 17.3. The molecule has 1 aliphatic carbocycles. The number of rotatable bonds is 5. The minimum absolute atomic E-state index is 0.0689. The number of carbonyl (C=O) groups is 3. The molecule has 0 aromatic heterocycles. The van der Waals surface area contributed by atoms with Gasteiger partial charge in [0.05, 0.1) is 0 Å². The highest BCUT2D eigenvalue weighted by Gasteiger charge is 2.55. The monoisotopic (exact) mass is 329 g/mol. The van der Waals surface area contributed by atoms with E-state index in [0.29, 0.717) is 6.42 Å². The summed E-state index contributed by atoms with van der Waals surface area (Å²) in [7, 11) is 0. The highest BCUT2D eigenvalue weighted by atomic mass is 16.2. The van der Waals surface area contributed by atoms with E-state index in [1.54, 1.807) is 0 Å². The van der Waals surface area contributed by atoms with Gasteiger partial charge in [0.15, 0.2) is 0 Å². The lowest BCUT2D eigenvalue weighted by Crippen LogP contribution is -2.45. The number of hydrogen-bond acceptors (Lipinski definition) is 3. The van der Waals surface area contributed by atoms with Gasteiger partial charge in [0.25, 0.3) is 5.91 Å². The van der Waals surface area contributed by atoms with Crippen molar-refractivity contribution in [2.24, 2.45) is 0 Å². The van der Waals surface area contributed by atoms with E-state index in [1.165, 1.54) is 0 Å². The average molecular weight is 329 g/mol. The summed E-state index contributed by atoms with van der Waals surface area (Å²) in [5, 5.41) is 5.70. The normalized spacial score (nSPS) is 22.2. The third-order valence-corrected chi connectivity index (χ3v) is 5.07. The van der Waals surface area contributed by atoms with Crippen molar-refractivity contribution in [3.63, 3.8) is 0 Å². The molecule has 0 bridgehead atoms. The van der Waals surface area contributed by atoms with Crippen LogP contribution in [-0.4, -0.2) is 35.3 Å². The number of hydrogen-bond donors (Lipinski definition) is 2. The second kappa shape index (κ2) is 6.26. The van der Waals surface area contributed by atoms with E-state index in [4.69, 9.17) is 0 Å². The first-order valence-electron chi connectivity index (χ1n) is 8.53. The van der Waals surface area contributed by atoms with E-state index in [2.05, 4.69) is 10.6 Å². The number of nitrogens with one attached hydrogen (secondary N) is 2. The van der Waals surface area contributed by atoms with Crippen LogP contribution in [-0.2, 0) is 21.5 Å². The van der Waals surface area contributed by atoms with Crippen molar-refractivity contribution in [2.45, 2.75) is 51.1 Å². The Bertz CT molecular complexity index is 684. The van der Waals surface area contributed by atoms with E-state index in [-0.39, 0.29) is 24.4 Å². The van der Waals surface area contributed by atoms with Crippen LogP contribution >= 0.6 is 0 Å². The van der Waals surface area contributed by atoms with Gasteiger partial charge in [-0.15, -0.1) is 0 Å². The predicted molar refractivity (Wildman–Crippen MR) is 89.2 cm³/mol. The first-order valence-corrected chi connectivity index (χ1v) is 8.53. The van der Waals surface area contributed by atoms with E-state index in [0.717, 1.165) is 35.3 Å². The molecule has 0 saturated carbocycles. The molecule has 1 unspecified atom stereocenters. The van der Waals surface area contributed by atoms with Crippen molar-refractivity contribution < 1.29 is 14.4 Å². The molecule has 128 valence electrons. The number of carbonyl (C=O) groups excluding carboxylic acids is 3. The second-order valence-corrected chi connectivity index (χ2v) is 6.46. The molecular weight excluding hydrogens is 306 g/mol. The van der Waals surface area contributed by atoms with Crippen molar-refractivity contribution in [1.82, 2.24) is 15.5 Å². The van der Waals surface area contributed by atoms with Crippen LogP contribution in [0.1, 0.15) is 44.2 Å². The van der Waals surface area contributed by atoms with Gasteiger partial charge in [-0.05, 0) is 36.8 Å². The summed E-state index contributed by atoms with van der Waals surface area (Å²) < 4.78 is 0. The molecule has 1 fully saturated rings. The van der Waals surface area contributed by atoms with Crippen molar-refractivity contribution in [2.75, 3.05) is 6.54 Å². The molecule has 1 spiro atoms. The lowest BCUT2D eigenvalue weighted by molar-refractivity contribution is -0.135. The van der Waals surface area contributed by atoms with Crippen molar-refractivity contribution in [3.8, 4) is 0 Å². The predicted octanol–water partition coefficient (Wildman–Crippen LogP) is 1.68. The van der Waals surface area contributed by atoms with E-state index in [1.807, 2.05) is 38.1 Å². The van der Waals surface area contributed by atoms with Crippen LogP contribution in [0.3, 0.4) is 0 Å². The number of urea groups is 1. The Morgan fingerprint density at radius 2 is 2.00 bits per heavy atom. The molecule has 1 atom stereocenters. The largest absolute Gasteiger partial charge is 0.352 e. The maximum atomic E-state index is 12.9. The van der Waals surface area contributed by atoms with Crippen LogP contribution in [0, 0.1) is 0 Å². The third-order valence-electron chi connectivity index (χ3n) is 5.07. The minimum Gasteiger partial charge on any atom is -0.352 e. The van der Waals surface area contributed by atoms with Crippen LogP contribution in [0.2, 0.25) is 0 Å². The lowest BCUT2D eigenvalue weighted by Gasteiger charge is -2.22. The lowest BCUT2D eigenvalue weighted by atomic mass is 9.92. The molecular formula is C18H23N3O3. The van der Waals surface area contributed by atoms with Gasteiger partial charge < -0.3 is 10.6 Å². The minimum atomic E-state index is -0.997. The average Bonchev–Trinajstić information content (AvgIpc) is 3.07. The summed E-state index contributed by atoms with van der Waals surface area (Å²) in [6.45, 7) is 3.75. The van der Waals surface area contributed by atoms with Crippen LogP contribution in [0.15, 0.2) is 24.3 Å². The topological polar surface area (TPSA) is 78.5 Å². The molecule has 1 heterocycles. The molecule has 2 N–H and O–H groups in total. The smallest absolute Gasteiger partial charge is 0.325 e. The van der Waals surface area contributed by atoms with E-state index >= 15 is 0 Å². The molecule has 24 heavy (non-hydrogen) atoms. The van der Waals surface area contributed by atoms with Crippen molar-refractivity contribution in [3.05, 3.63) is 35.4 Å². The highest BCUT2D eigenvalue weighted by Crippen LogP contribution is 2.41. The fourth-order valence-corrected chi connectivity index (χ4v) is 3.64. The van der Waals surface area contributed by atoms with Gasteiger partial charge in [-0.1, -0.05) is 38.1 Å². The summed E-state index contributed by atoms with van der Waals surface area (Å²) in [5.74, 6) is -0.618. The van der Waals surface area contributed by atoms with Crippen LogP contribution < -0.4 is 10.6 Å². The molecule has 2 aliphatic rings. The Morgan fingerprint density at radius 1 is 1.29 bits per heavy atom. The Balaban J connectivity index is 1.77. The molecule has 1 aliphatic heterocycles. The fourth-order valence-electron chi connectivity index (χ4n) is 3.64. The second-order valence-electron chi connectivity index (χ2n) is 6.46. The molecule has 1 aromatic rings. The molecule has 4 amide bonds. The first kappa shape index (κ1) is 16.5. The highest BCUT2D eigenvalue weighted by molar-refractivity contribution is 6.09. The molecule has 3 rings (SSSR count). The summed E-state index contributed by atoms with van der Waals surface area (Å²) in [5.41, 5.74) is 0.934. The standard InChI is InChI=1S/C18H23N3O3/c1-3-13(4-2)19-15(22)11-21-16(23)18(20-17(21)24)10-9-12-7-5-6-8-14(12)18/h5-8,13H,3-4,9-11H2,1-2H3,(H,19,22)(H,20,24). The number of fused-ring (bicyclic) bond motifs is 2. The Labute approximate surface area is 141 Å². The van der Waals surface area contributed by atoms with Gasteiger partial charge in [-0.25, -0.2) is 4.79 Å². The SMILES string of the molecule is CCC(CC)NC(=O)CN1C(=O)NC2(CCc3ccccc32)C1=O. The maximum absolute atomic E-state index is 12.9. The molecule has 1 saturated heterocycles. The van der Waals surface area contributed by atoms with Gasteiger partial charge in [0.1, 0.15) is 12.1 Å². The van der Waals surface area contributed by atoms with E-state index in [9.17, 15) is 14.4 Å². The molecule has 1 aromatic carbocycles. The summed E-state index contributed by atoms with van der Waals surface area (Å²) >= 11 is 0. The summed E-state index contributed by atoms with van der Waals surface area (Å²) in [6.07, 6.45) is 2.93. The summed E-state index contributed by atoms with van der Waals surface area (Å²) in [6, 6.07) is 7.24. The number of amides is 4. The van der Waals surface area contributed by atoms with Crippen molar-refractivity contribution in [1.29, 1.82) is 0 Å². The quantitative estimate of drug-likeness (QED) is 0.807. The zero-order valence-electron chi connectivity index (χ0n) is 14.1. The molecule has 6 heteroatoms. The van der Waals surface area contributed by atoms with E-state index < -0.39 is 11.6 Å². The van der Waals surface area contributed by atoms with Crippen molar-refractivity contribution >= 4 is 17.8 Å². The maximum Gasteiger partial charge on any atom is 0.325 e. The Morgan fingerprint density at radius 3 is 2.71 bits per heavy atom. The Hall–Kier alpha value is -2.37. The first-order chi connectivity index (χ1) is 11.5. The number of nitrogens with zero attached hydrogens (tertiary/aromatic N) is 1. The number of imide groups is 1. The van der Waals surface area contributed by atoms with Crippen LogP contribution in [0.25, 0.3) is 0 Å². The molecule has 6 nitrogen and oxygen atoms in total. The van der Waals surface area contributed by atoms with Gasteiger partial charge >= 0.3 is 6.03 Å². The number of benzene rings is 1. The van der Waals surface area contributed by atoms with Gasteiger partial charge in [0, 0.05) is 6.04 Å². The Kier molecular flexibility index (Phi) is 4.30. The van der Waals surface area contributed by atoms with Gasteiger partial charge in [-0.2, -0.15) is 0 Å². The fraction of sp³-hybridized carbons (Fsp3) is 0.500. The van der Waals surface area contributed by atoms with Gasteiger partial charge in [-0.3, -0.25) is 14.5 Å². The number of aryl methyl sites for hydroxylation is 1. The third kappa shape index (κ3) is 2.56. The van der Waals surface area contributed by atoms with Gasteiger partial charge in [0.2, 0.25) is 5.91 Å².